The highest BCUT2D eigenvalue weighted by Gasteiger charge is 1.98. The summed E-state index contributed by atoms with van der Waals surface area (Å²) >= 11 is 0. The minimum absolute atomic E-state index is 0.137. The summed E-state index contributed by atoms with van der Waals surface area (Å²) in [6.07, 6.45) is 0. The molecule has 0 spiro atoms. The fourth-order valence-corrected chi connectivity index (χ4v) is 0.968. The third-order valence-electron chi connectivity index (χ3n) is 1.52. The van der Waals surface area contributed by atoms with Crippen LogP contribution in [0.25, 0.3) is 0 Å². The van der Waals surface area contributed by atoms with Gasteiger partial charge in [-0.15, -0.1) is 0 Å². The Morgan fingerprint density at radius 3 is 2.30 bits per heavy atom. The number of rotatable bonds is 1. The molecule has 0 heterocycles. The summed E-state index contributed by atoms with van der Waals surface area (Å²) in [5.41, 5.74) is 1.87. The minimum atomic E-state index is 0.137. The van der Waals surface area contributed by atoms with Gasteiger partial charge < -0.3 is 10.3 Å². The fraction of sp³-hybridized carbons (Fsp3) is 0.250. The molecule has 0 saturated heterocycles. The smallest absolute Gasteiger partial charge is 0.133 e. The highest BCUT2D eigenvalue weighted by Crippen LogP contribution is 2.06. The summed E-state index contributed by atoms with van der Waals surface area (Å²) < 4.78 is 0. The highest BCUT2D eigenvalue weighted by atomic mass is 16.5. The van der Waals surface area contributed by atoms with Crippen LogP contribution < -0.4 is 5.06 Å². The lowest BCUT2D eigenvalue weighted by Gasteiger charge is -2.16. The number of para-hydroxylation sites is 1. The number of nitrogens with one attached hydrogen (secondary N) is 1. The minimum Gasteiger partial charge on any atom is -0.629 e. The SMILES string of the molecule is Cc1ccccc1[NH+](C)[O-]. The Kier molecular flexibility index (Phi) is 2.04. The van der Waals surface area contributed by atoms with Gasteiger partial charge in [-0.2, -0.15) is 0 Å². The van der Waals surface area contributed by atoms with Crippen molar-refractivity contribution in [1.82, 2.24) is 0 Å². The molecule has 0 radical (unpaired) electrons. The first-order chi connectivity index (χ1) is 4.72. The van der Waals surface area contributed by atoms with Crippen molar-refractivity contribution in [2.45, 2.75) is 6.92 Å². The van der Waals surface area contributed by atoms with Crippen molar-refractivity contribution in [2.75, 3.05) is 7.05 Å². The number of aryl methyl sites for hydroxylation is 1. The average molecular weight is 137 g/mol. The lowest BCUT2D eigenvalue weighted by Crippen LogP contribution is -2.98. The number of benzene rings is 1. The van der Waals surface area contributed by atoms with Crippen LogP contribution in [0.15, 0.2) is 24.3 Å². The first kappa shape index (κ1) is 7.25. The van der Waals surface area contributed by atoms with E-state index in [-0.39, 0.29) is 5.06 Å². The fourth-order valence-electron chi connectivity index (χ4n) is 0.968. The third-order valence-corrected chi connectivity index (χ3v) is 1.52. The van der Waals surface area contributed by atoms with Crippen molar-refractivity contribution in [3.05, 3.63) is 35.0 Å². The summed E-state index contributed by atoms with van der Waals surface area (Å²) in [6.45, 7) is 1.94. The maximum absolute atomic E-state index is 10.9. The first-order valence-corrected chi connectivity index (χ1v) is 3.28. The predicted molar refractivity (Wildman–Crippen MR) is 41.1 cm³/mol. The Morgan fingerprint density at radius 2 is 1.90 bits per heavy atom. The molecule has 0 bridgehead atoms. The van der Waals surface area contributed by atoms with Crippen LogP contribution in [0.5, 0.6) is 0 Å². The molecule has 1 aromatic rings. The molecule has 0 aliphatic rings. The van der Waals surface area contributed by atoms with Crippen LogP contribution in [0.1, 0.15) is 5.56 Å². The second-order valence-corrected chi connectivity index (χ2v) is 2.37. The molecule has 0 amide bonds. The van der Waals surface area contributed by atoms with Crippen LogP contribution in [0, 0.1) is 12.1 Å². The van der Waals surface area contributed by atoms with Crippen LogP contribution in [0.4, 0.5) is 5.69 Å². The average Bonchev–Trinajstić information content (AvgIpc) is 1.88. The number of hydrogen-bond donors (Lipinski definition) is 1. The molecule has 2 nitrogen and oxygen atoms in total. The maximum atomic E-state index is 10.9. The molecule has 10 heavy (non-hydrogen) atoms. The molecule has 0 aromatic heterocycles. The first-order valence-electron chi connectivity index (χ1n) is 3.28. The zero-order valence-corrected chi connectivity index (χ0v) is 6.22. The van der Waals surface area contributed by atoms with Gasteiger partial charge in [-0.1, -0.05) is 18.2 Å². The zero-order chi connectivity index (χ0) is 7.56. The Bertz CT molecular complexity index is 220. The second kappa shape index (κ2) is 2.82. The Morgan fingerprint density at radius 1 is 1.30 bits per heavy atom. The van der Waals surface area contributed by atoms with Crippen molar-refractivity contribution in [2.24, 2.45) is 0 Å². The predicted octanol–water partition coefficient (Wildman–Crippen LogP) is 0.639. The van der Waals surface area contributed by atoms with Crippen molar-refractivity contribution in [1.29, 1.82) is 0 Å². The summed E-state index contributed by atoms with van der Waals surface area (Å²) in [5.74, 6) is 0. The van der Waals surface area contributed by atoms with E-state index in [0.29, 0.717) is 0 Å². The van der Waals surface area contributed by atoms with E-state index in [1.807, 2.05) is 31.2 Å². The van der Waals surface area contributed by atoms with Gasteiger partial charge in [-0.3, -0.25) is 0 Å². The van der Waals surface area contributed by atoms with Crippen LogP contribution >= 0.6 is 0 Å². The normalized spacial score (nSPS) is 13.1. The lowest BCUT2D eigenvalue weighted by molar-refractivity contribution is -0.751. The van der Waals surface area contributed by atoms with Gasteiger partial charge in [-0.25, -0.2) is 0 Å². The Labute approximate surface area is 60.7 Å². The topological polar surface area (TPSA) is 27.5 Å². The third kappa shape index (κ3) is 1.35. The van der Waals surface area contributed by atoms with Crippen molar-refractivity contribution < 1.29 is 5.06 Å². The van der Waals surface area contributed by atoms with Crippen LogP contribution in [-0.2, 0) is 0 Å². The molecule has 1 N–H and O–H groups in total. The van der Waals surface area contributed by atoms with Gasteiger partial charge in [-0.05, 0) is 13.0 Å². The Balaban J connectivity index is 3.03. The van der Waals surface area contributed by atoms with Gasteiger partial charge >= 0.3 is 0 Å². The molecule has 0 aliphatic heterocycles. The molecule has 1 aromatic carbocycles. The summed E-state index contributed by atoms with van der Waals surface area (Å²) in [7, 11) is 1.59. The van der Waals surface area contributed by atoms with E-state index in [1.54, 1.807) is 7.05 Å². The largest absolute Gasteiger partial charge is 0.629 e. The van der Waals surface area contributed by atoms with Crippen molar-refractivity contribution in [3.63, 3.8) is 0 Å². The molecular weight excluding hydrogens is 126 g/mol. The Hall–Kier alpha value is -0.860. The van der Waals surface area contributed by atoms with Gasteiger partial charge in [0.05, 0.1) is 7.05 Å². The van der Waals surface area contributed by atoms with E-state index in [1.165, 1.54) is 0 Å². The van der Waals surface area contributed by atoms with Gasteiger partial charge in [0.15, 0.2) is 0 Å². The maximum Gasteiger partial charge on any atom is 0.133 e. The van der Waals surface area contributed by atoms with Crippen LogP contribution in [0.2, 0.25) is 0 Å². The molecule has 0 aliphatic carbocycles. The van der Waals surface area contributed by atoms with Crippen LogP contribution in [0.3, 0.4) is 0 Å². The standard InChI is InChI=1S/C8H11NO/c1-7-5-3-4-6-8(7)9(2)10/h3-6,9H,1-2H3. The van der Waals surface area contributed by atoms with E-state index in [9.17, 15) is 5.21 Å². The molecule has 1 unspecified atom stereocenters. The molecular formula is C8H11NO. The number of hydrogen-bond acceptors (Lipinski definition) is 1. The molecule has 1 rings (SSSR count). The monoisotopic (exact) mass is 137 g/mol. The lowest BCUT2D eigenvalue weighted by atomic mass is 10.2. The zero-order valence-electron chi connectivity index (χ0n) is 6.22. The number of hydroxylamine groups is 1. The quantitative estimate of drug-likeness (QED) is 0.565. The summed E-state index contributed by atoms with van der Waals surface area (Å²) in [6, 6.07) is 7.60. The molecule has 54 valence electrons. The van der Waals surface area contributed by atoms with Crippen LogP contribution in [-0.4, -0.2) is 7.05 Å². The van der Waals surface area contributed by atoms with Gasteiger partial charge in [0.2, 0.25) is 0 Å². The van der Waals surface area contributed by atoms with E-state index >= 15 is 0 Å². The van der Waals surface area contributed by atoms with Crippen molar-refractivity contribution >= 4 is 5.69 Å². The highest BCUT2D eigenvalue weighted by molar-refractivity contribution is 5.37. The molecule has 0 fully saturated rings. The number of quaternary nitrogens is 1. The van der Waals surface area contributed by atoms with E-state index < -0.39 is 0 Å². The molecule has 1 atom stereocenters. The van der Waals surface area contributed by atoms with Gasteiger partial charge in [0.1, 0.15) is 5.69 Å². The molecule has 0 saturated carbocycles. The van der Waals surface area contributed by atoms with E-state index in [4.69, 9.17) is 0 Å². The summed E-state index contributed by atoms with van der Waals surface area (Å²) in [4.78, 5) is 0. The molecule has 2 heteroatoms. The van der Waals surface area contributed by atoms with Crippen molar-refractivity contribution in [3.8, 4) is 0 Å². The van der Waals surface area contributed by atoms with E-state index in [2.05, 4.69) is 0 Å². The van der Waals surface area contributed by atoms with Gasteiger partial charge in [0, 0.05) is 5.56 Å². The van der Waals surface area contributed by atoms with E-state index in [0.717, 1.165) is 11.3 Å². The summed E-state index contributed by atoms with van der Waals surface area (Å²) in [5, 5.41) is 11.0. The second-order valence-electron chi connectivity index (χ2n) is 2.37. The van der Waals surface area contributed by atoms with Gasteiger partial charge in [0.25, 0.3) is 0 Å².